The Balaban J connectivity index is 1.71. The molecule has 1 amide bonds. The number of fused-ring (bicyclic) bond motifs is 1. The highest BCUT2D eigenvalue weighted by Crippen LogP contribution is 2.26. The highest BCUT2D eigenvalue weighted by molar-refractivity contribution is 6.06. The van der Waals surface area contributed by atoms with Crippen LogP contribution in [0.4, 0.5) is 5.69 Å². The number of aromatic nitrogens is 3. The Labute approximate surface area is 141 Å². The maximum absolute atomic E-state index is 12.5. The number of carbonyl (C=O) groups excluding carboxylic acids is 1. The molecule has 0 atom stereocenters. The van der Waals surface area contributed by atoms with Gasteiger partial charge in [-0.3, -0.25) is 14.9 Å². The molecule has 25 heavy (non-hydrogen) atoms. The molecule has 1 aliphatic rings. The van der Waals surface area contributed by atoms with E-state index >= 15 is 0 Å². The molecule has 0 bridgehead atoms. The summed E-state index contributed by atoms with van der Waals surface area (Å²) in [6.45, 7) is 0. The zero-order valence-electron chi connectivity index (χ0n) is 12.9. The van der Waals surface area contributed by atoms with Crippen LogP contribution in [0, 0.1) is 0 Å². The summed E-state index contributed by atoms with van der Waals surface area (Å²) in [6.07, 6.45) is 6.27. The fraction of sp³-hybridized carbons (Fsp3) is 0. The van der Waals surface area contributed by atoms with E-state index in [0.29, 0.717) is 16.8 Å². The molecule has 4 N–H and O–H groups in total. The molecule has 0 unspecified atom stereocenters. The molecule has 3 aromatic rings. The number of rotatable bonds is 3. The van der Waals surface area contributed by atoms with E-state index < -0.39 is 0 Å². The van der Waals surface area contributed by atoms with Crippen molar-refractivity contribution in [3.05, 3.63) is 60.3 Å². The third-order valence-corrected chi connectivity index (χ3v) is 3.66. The second-order valence-electron chi connectivity index (χ2n) is 5.37. The van der Waals surface area contributed by atoms with Gasteiger partial charge in [0.15, 0.2) is 5.69 Å². The van der Waals surface area contributed by atoms with Gasteiger partial charge in [-0.05, 0) is 23.8 Å². The fourth-order valence-corrected chi connectivity index (χ4v) is 2.50. The van der Waals surface area contributed by atoms with Crippen molar-refractivity contribution in [2.24, 2.45) is 5.11 Å². The number of amides is 1. The monoisotopic (exact) mass is 330 g/mol. The number of benzene rings is 1. The van der Waals surface area contributed by atoms with Gasteiger partial charge in [-0.25, -0.2) is 0 Å². The summed E-state index contributed by atoms with van der Waals surface area (Å²) in [7, 11) is 0. The normalized spacial score (nSPS) is 12.4. The molecule has 4 rings (SSSR count). The Morgan fingerprint density at radius 2 is 2.16 bits per heavy atom. The highest BCUT2D eigenvalue weighted by atomic mass is 16.2. The average Bonchev–Trinajstić information content (AvgIpc) is 3.06. The predicted molar refractivity (Wildman–Crippen MR) is 91.6 cm³/mol. The van der Waals surface area contributed by atoms with Crippen LogP contribution in [0.25, 0.3) is 22.0 Å². The fourth-order valence-electron chi connectivity index (χ4n) is 2.50. The van der Waals surface area contributed by atoms with Crippen molar-refractivity contribution in [1.29, 1.82) is 0 Å². The van der Waals surface area contributed by atoms with E-state index in [1.807, 2.05) is 24.3 Å². The average molecular weight is 330 g/mol. The summed E-state index contributed by atoms with van der Waals surface area (Å²) in [6, 6.07) is 7.48. The molecule has 0 saturated heterocycles. The second kappa shape index (κ2) is 5.90. The Bertz CT molecular complexity index is 1130. The highest BCUT2D eigenvalue weighted by Gasteiger charge is 2.16. The number of allylic oxidation sites excluding steroid dienone is 1. The number of carbonyl (C=O) groups is 1. The largest absolute Gasteiger partial charge is 0.397 e. The number of aromatic amines is 1. The van der Waals surface area contributed by atoms with Crippen LogP contribution < -0.4 is 11.1 Å². The Morgan fingerprint density at radius 3 is 2.96 bits per heavy atom. The number of pyridine rings is 1. The van der Waals surface area contributed by atoms with Crippen molar-refractivity contribution >= 4 is 28.4 Å². The van der Waals surface area contributed by atoms with Crippen molar-refractivity contribution < 1.29 is 9.58 Å². The van der Waals surface area contributed by atoms with Gasteiger partial charge in [-0.2, -0.15) is 5.10 Å². The Kier molecular flexibility index (Phi) is 3.44. The van der Waals surface area contributed by atoms with Gasteiger partial charge in [-0.1, -0.05) is 6.07 Å². The molecule has 120 valence electrons. The van der Waals surface area contributed by atoms with E-state index in [1.54, 1.807) is 12.4 Å². The van der Waals surface area contributed by atoms with Gasteiger partial charge in [0, 0.05) is 23.3 Å². The number of hydrogen-bond donors (Lipinski definition) is 3. The predicted octanol–water partition coefficient (Wildman–Crippen LogP) is 1.68. The van der Waals surface area contributed by atoms with Crippen LogP contribution in [0.15, 0.2) is 59.7 Å². The minimum absolute atomic E-state index is 0.283. The van der Waals surface area contributed by atoms with E-state index in [2.05, 4.69) is 36.3 Å². The van der Waals surface area contributed by atoms with E-state index in [0.717, 1.165) is 16.6 Å². The summed E-state index contributed by atoms with van der Waals surface area (Å²) in [5.41, 5.74) is 9.65. The lowest BCUT2D eigenvalue weighted by Crippen LogP contribution is -2.22. The number of nitrogens with two attached hydrogens (primary N) is 1. The van der Waals surface area contributed by atoms with Crippen LogP contribution in [-0.2, 0) is 0 Å². The zero-order chi connectivity index (χ0) is 17.2. The van der Waals surface area contributed by atoms with Crippen LogP contribution in [-0.4, -0.2) is 31.7 Å². The zero-order valence-corrected chi connectivity index (χ0v) is 12.9. The summed E-state index contributed by atoms with van der Waals surface area (Å²) in [5.74, 6) is 2.21. The minimum Gasteiger partial charge on any atom is -0.397 e. The number of nitrogen functional groups attached to an aromatic ring is 1. The van der Waals surface area contributed by atoms with Gasteiger partial charge >= 0.3 is 5.87 Å². The standard InChI is InChI=1S/C17H11N7O/c18-12-5-11(7-19-8-12)10-1-2-15-14(6-10)16(24-23-15)17(25)22-13-3-4-20-21-9-13/h1-3,5-9H,18H2,(H,23,24,25)/p+1. The summed E-state index contributed by atoms with van der Waals surface area (Å²) in [5, 5.41) is 14.1. The number of anilines is 1. The number of H-pyrrole nitrogens is 1. The van der Waals surface area contributed by atoms with Crippen LogP contribution in [0.5, 0.6) is 0 Å². The molecule has 1 aliphatic heterocycles. The molecule has 0 aliphatic carbocycles. The number of nitrogens with zero attached hydrogens (tertiary/aromatic N) is 4. The molecule has 0 spiro atoms. The Hall–Kier alpha value is -3.99. The first-order valence-corrected chi connectivity index (χ1v) is 7.40. The third-order valence-electron chi connectivity index (χ3n) is 3.66. The minimum atomic E-state index is -0.351. The second-order valence-corrected chi connectivity index (χ2v) is 5.37. The summed E-state index contributed by atoms with van der Waals surface area (Å²) >= 11 is 0. The van der Waals surface area contributed by atoms with E-state index in [-0.39, 0.29) is 11.6 Å². The topological polar surface area (TPSA) is 123 Å². The molecule has 0 fully saturated rings. The van der Waals surface area contributed by atoms with E-state index in [1.165, 1.54) is 12.3 Å². The van der Waals surface area contributed by atoms with Crippen molar-refractivity contribution in [3.63, 3.8) is 0 Å². The lowest BCUT2D eigenvalue weighted by atomic mass is 10.0. The molecule has 3 heterocycles. The molecule has 8 nitrogen and oxygen atoms in total. The first-order chi connectivity index (χ1) is 12.2. The van der Waals surface area contributed by atoms with Crippen molar-refractivity contribution in [3.8, 4) is 11.1 Å². The van der Waals surface area contributed by atoms with Crippen LogP contribution in [0.1, 0.15) is 10.5 Å². The number of nitrogens with one attached hydrogen (secondary N) is 2. The smallest absolute Gasteiger partial charge is 0.354 e. The van der Waals surface area contributed by atoms with Gasteiger partial charge < -0.3 is 11.1 Å². The van der Waals surface area contributed by atoms with Gasteiger partial charge in [-0.15, -0.1) is 0 Å². The quantitative estimate of drug-likeness (QED) is 0.632. The van der Waals surface area contributed by atoms with Crippen molar-refractivity contribution in [1.82, 2.24) is 20.5 Å². The SMILES string of the molecule is Nc1cncc(-c2ccc3[nH]nc(C(=O)NC4=CN=[N+]=C=C4)c3c2)c1. The first-order valence-electron chi connectivity index (χ1n) is 7.40. The van der Waals surface area contributed by atoms with Crippen LogP contribution >= 0.6 is 0 Å². The molecule has 2 aromatic heterocycles. The van der Waals surface area contributed by atoms with Gasteiger partial charge in [0.05, 0.1) is 23.0 Å². The third kappa shape index (κ3) is 2.82. The Morgan fingerprint density at radius 1 is 1.24 bits per heavy atom. The van der Waals surface area contributed by atoms with Crippen LogP contribution in [0.2, 0.25) is 0 Å². The molecule has 0 radical (unpaired) electrons. The van der Waals surface area contributed by atoms with Crippen molar-refractivity contribution in [2.45, 2.75) is 0 Å². The van der Waals surface area contributed by atoms with E-state index in [4.69, 9.17) is 5.73 Å². The maximum Gasteiger partial charge on any atom is 0.354 e. The first kappa shape index (κ1) is 14.6. The maximum atomic E-state index is 12.5. The molecule has 8 heteroatoms. The molecular weight excluding hydrogens is 318 g/mol. The van der Waals surface area contributed by atoms with Gasteiger partial charge in [0.2, 0.25) is 0 Å². The lowest BCUT2D eigenvalue weighted by molar-refractivity contribution is -0.0692. The number of hydrogen-bond acceptors (Lipinski definition) is 5. The van der Waals surface area contributed by atoms with Crippen molar-refractivity contribution in [2.75, 3.05) is 5.73 Å². The van der Waals surface area contributed by atoms with Gasteiger partial charge in [0.1, 0.15) is 16.1 Å². The lowest BCUT2D eigenvalue weighted by Gasteiger charge is -2.04. The van der Waals surface area contributed by atoms with Crippen LogP contribution in [0.3, 0.4) is 0 Å². The molecular formula is C17H12N7O+. The molecule has 0 saturated carbocycles. The summed E-state index contributed by atoms with van der Waals surface area (Å²) in [4.78, 5) is 20.2. The molecule has 1 aromatic carbocycles. The van der Waals surface area contributed by atoms with Gasteiger partial charge in [0.25, 0.3) is 5.91 Å². The van der Waals surface area contributed by atoms with E-state index in [9.17, 15) is 4.79 Å². The summed E-state index contributed by atoms with van der Waals surface area (Å²) < 4.78 is 0.